The zero-order valence-corrected chi connectivity index (χ0v) is 19.9. The zero-order chi connectivity index (χ0) is 25.6. The van der Waals surface area contributed by atoms with Gasteiger partial charge in [0.15, 0.2) is 0 Å². The summed E-state index contributed by atoms with van der Waals surface area (Å²) in [5.74, 6) is -1.71. The van der Waals surface area contributed by atoms with Crippen LogP contribution in [-0.2, 0) is 22.2 Å². The van der Waals surface area contributed by atoms with Gasteiger partial charge in [0.05, 0.1) is 0 Å². The molecule has 0 aromatic carbocycles. The van der Waals surface area contributed by atoms with E-state index in [1.165, 1.54) is 13.0 Å². The number of anilines is 1. The van der Waals surface area contributed by atoms with Crippen LogP contribution in [0.25, 0.3) is 0 Å². The molecule has 1 unspecified atom stereocenters. The minimum Gasteiger partial charge on any atom is -0.383 e. The number of carbonyl (C=O) groups is 2. The van der Waals surface area contributed by atoms with E-state index in [4.69, 9.17) is 11.1 Å². The van der Waals surface area contributed by atoms with Gasteiger partial charge in [-0.05, 0) is 51.5 Å². The number of nitrogens with zero attached hydrogens (tertiary/aromatic N) is 4. The van der Waals surface area contributed by atoms with Crippen LogP contribution in [0.3, 0.4) is 0 Å². The van der Waals surface area contributed by atoms with Crippen LogP contribution in [0.15, 0.2) is 11.8 Å². The Morgan fingerprint density at radius 3 is 2.41 bits per heavy atom. The topological polar surface area (TPSA) is 128 Å². The second-order valence-corrected chi connectivity index (χ2v) is 8.61. The van der Waals surface area contributed by atoms with Gasteiger partial charge in [0.2, 0.25) is 11.7 Å². The molecule has 188 valence electrons. The number of piperidine rings is 1. The van der Waals surface area contributed by atoms with Crippen molar-refractivity contribution in [2.75, 3.05) is 32.9 Å². The fourth-order valence-electron chi connectivity index (χ4n) is 3.96. The van der Waals surface area contributed by atoms with Crippen molar-refractivity contribution < 1.29 is 22.8 Å². The number of nitrogens with two attached hydrogens (primary N) is 1. The molecular weight excluding hydrogens is 451 g/mol. The molecule has 1 atom stereocenters. The number of aryl methyl sites for hydroxylation is 1. The monoisotopic (exact) mass is 483 g/mol. The highest BCUT2D eigenvalue weighted by molar-refractivity contribution is 5.98. The van der Waals surface area contributed by atoms with Crippen LogP contribution in [0, 0.1) is 18.3 Å². The fraction of sp³-hybridized carbons (Fsp3) is 0.591. The molecule has 0 aliphatic carbocycles. The molecule has 4 N–H and O–H groups in total. The van der Waals surface area contributed by atoms with Gasteiger partial charge in [0.25, 0.3) is 5.91 Å². The summed E-state index contributed by atoms with van der Waals surface area (Å²) in [5, 5.41) is 9.85. The van der Waals surface area contributed by atoms with E-state index in [1.54, 1.807) is 30.8 Å². The van der Waals surface area contributed by atoms with Crippen molar-refractivity contribution in [3.8, 4) is 0 Å². The molecule has 0 spiro atoms. The van der Waals surface area contributed by atoms with Crippen molar-refractivity contribution in [2.45, 2.75) is 51.7 Å². The number of alkyl halides is 3. The van der Waals surface area contributed by atoms with Crippen molar-refractivity contribution >= 4 is 23.8 Å². The number of nitrogens with one attached hydrogen (secondary N) is 2. The molecule has 1 aliphatic heterocycles. The Labute approximate surface area is 197 Å². The molecule has 0 radical (unpaired) electrons. The SMILES string of the molecule is Cc1nc(C(F)(F)F)nc(N)c1CCC1CCN(C(=O)C(C)NC(=O)/C(=C/C=N)N(C)C)CC1. The predicted molar refractivity (Wildman–Crippen MR) is 122 cm³/mol. The van der Waals surface area contributed by atoms with Crippen LogP contribution in [0.4, 0.5) is 19.0 Å². The molecule has 2 rings (SSSR count). The predicted octanol–water partition coefficient (Wildman–Crippen LogP) is 2.16. The van der Waals surface area contributed by atoms with Crippen molar-refractivity contribution in [2.24, 2.45) is 5.92 Å². The first-order valence-electron chi connectivity index (χ1n) is 11.0. The van der Waals surface area contributed by atoms with E-state index in [0.717, 1.165) is 19.1 Å². The number of hydrogen-bond donors (Lipinski definition) is 3. The Kier molecular flexibility index (Phi) is 9.00. The highest BCUT2D eigenvalue weighted by Gasteiger charge is 2.36. The summed E-state index contributed by atoms with van der Waals surface area (Å²) < 4.78 is 38.5. The van der Waals surface area contributed by atoms with Gasteiger partial charge in [0, 0.05) is 44.7 Å². The molecule has 1 aromatic heterocycles. The lowest BCUT2D eigenvalue weighted by atomic mass is 9.90. The molecule has 0 bridgehead atoms. The van der Waals surface area contributed by atoms with Gasteiger partial charge in [0.1, 0.15) is 17.6 Å². The largest absolute Gasteiger partial charge is 0.451 e. The highest BCUT2D eigenvalue weighted by atomic mass is 19.4. The van der Waals surface area contributed by atoms with Crippen LogP contribution in [0.2, 0.25) is 0 Å². The van der Waals surface area contributed by atoms with Gasteiger partial charge in [-0.2, -0.15) is 13.2 Å². The third-order valence-corrected chi connectivity index (χ3v) is 5.90. The molecule has 1 aliphatic rings. The Bertz CT molecular complexity index is 916. The second kappa shape index (κ2) is 11.3. The van der Waals surface area contributed by atoms with E-state index in [9.17, 15) is 22.8 Å². The molecule has 1 saturated heterocycles. The Morgan fingerprint density at radius 2 is 1.91 bits per heavy atom. The van der Waals surface area contributed by atoms with E-state index < -0.39 is 23.9 Å². The number of nitrogen functional groups attached to an aromatic ring is 1. The molecule has 1 aromatic rings. The number of likely N-dealkylation sites (N-methyl/N-ethyl adjacent to an activating group) is 1. The summed E-state index contributed by atoms with van der Waals surface area (Å²) in [4.78, 5) is 35.4. The number of likely N-dealkylation sites (tertiary alicyclic amines) is 1. The number of halogens is 3. The maximum Gasteiger partial charge on any atom is 0.451 e. The highest BCUT2D eigenvalue weighted by Crippen LogP contribution is 2.30. The zero-order valence-electron chi connectivity index (χ0n) is 19.9. The van der Waals surface area contributed by atoms with Crippen molar-refractivity contribution in [3.05, 3.63) is 28.9 Å². The minimum atomic E-state index is -4.64. The van der Waals surface area contributed by atoms with Crippen LogP contribution < -0.4 is 11.1 Å². The molecule has 2 heterocycles. The molecule has 0 saturated carbocycles. The minimum absolute atomic E-state index is 0.147. The van der Waals surface area contributed by atoms with Crippen LogP contribution >= 0.6 is 0 Å². The number of allylic oxidation sites excluding steroid dienone is 1. The fourth-order valence-corrected chi connectivity index (χ4v) is 3.96. The molecule has 1 fully saturated rings. The Hall–Kier alpha value is -3.18. The number of amides is 2. The summed E-state index contributed by atoms with van der Waals surface area (Å²) in [6.45, 7) is 4.18. The van der Waals surface area contributed by atoms with E-state index in [2.05, 4.69) is 15.3 Å². The summed E-state index contributed by atoms with van der Waals surface area (Å²) in [5.41, 5.74) is 6.80. The van der Waals surface area contributed by atoms with Crippen LogP contribution in [0.5, 0.6) is 0 Å². The Balaban J connectivity index is 1.89. The summed E-state index contributed by atoms with van der Waals surface area (Å²) in [7, 11) is 3.36. The van der Waals surface area contributed by atoms with Crippen LogP contribution in [0.1, 0.15) is 43.3 Å². The van der Waals surface area contributed by atoms with E-state index in [-0.39, 0.29) is 29.0 Å². The standard InChI is InChI=1S/C22H32F3N7O2/c1-13-16(18(27)30-21(29-13)22(23,24)25)6-5-15-8-11-32(12-9-15)20(34)14(2)28-19(33)17(7-10-26)31(3)4/h7,10,14-15,26H,5-6,8-9,11-12H2,1-4H3,(H,28,33)(H2,27,29,30)/b17-7-,26-10?. The molecule has 2 amide bonds. The number of aromatic nitrogens is 2. The number of carbonyl (C=O) groups excluding carboxylic acids is 2. The maximum atomic E-state index is 12.8. The van der Waals surface area contributed by atoms with Gasteiger partial charge >= 0.3 is 6.18 Å². The van der Waals surface area contributed by atoms with Crippen LogP contribution in [-0.4, -0.2) is 71.0 Å². The maximum absolute atomic E-state index is 12.8. The number of rotatable bonds is 8. The first-order chi connectivity index (χ1) is 15.8. The van der Waals surface area contributed by atoms with Gasteiger partial charge in [-0.15, -0.1) is 0 Å². The average Bonchev–Trinajstić information content (AvgIpc) is 2.75. The molecule has 9 nitrogen and oxygen atoms in total. The molecular formula is C22H32F3N7O2. The van der Waals surface area contributed by atoms with Gasteiger partial charge in [-0.25, -0.2) is 9.97 Å². The van der Waals surface area contributed by atoms with E-state index in [0.29, 0.717) is 31.5 Å². The quantitative estimate of drug-likeness (QED) is 0.384. The third kappa shape index (κ3) is 6.91. The van der Waals surface area contributed by atoms with Crippen molar-refractivity contribution in [1.29, 1.82) is 5.41 Å². The molecule has 12 heteroatoms. The first-order valence-corrected chi connectivity index (χ1v) is 11.0. The van der Waals surface area contributed by atoms with Crippen molar-refractivity contribution in [1.82, 2.24) is 25.1 Å². The van der Waals surface area contributed by atoms with E-state index in [1.807, 2.05) is 0 Å². The average molecular weight is 484 g/mol. The van der Waals surface area contributed by atoms with Gasteiger partial charge < -0.3 is 26.3 Å². The normalized spacial score (nSPS) is 16.2. The lowest BCUT2D eigenvalue weighted by Gasteiger charge is -2.34. The summed E-state index contributed by atoms with van der Waals surface area (Å²) >= 11 is 0. The third-order valence-electron chi connectivity index (χ3n) is 5.90. The second-order valence-electron chi connectivity index (χ2n) is 8.61. The van der Waals surface area contributed by atoms with Crippen molar-refractivity contribution in [3.63, 3.8) is 0 Å². The molecule has 34 heavy (non-hydrogen) atoms. The Morgan fingerprint density at radius 1 is 1.29 bits per heavy atom. The van der Waals surface area contributed by atoms with Gasteiger partial charge in [-0.1, -0.05) is 0 Å². The smallest absolute Gasteiger partial charge is 0.383 e. The number of hydrogen-bond acceptors (Lipinski definition) is 7. The summed E-state index contributed by atoms with van der Waals surface area (Å²) in [6.07, 6.45) is 0.374. The lowest BCUT2D eigenvalue weighted by molar-refractivity contribution is -0.145. The summed E-state index contributed by atoms with van der Waals surface area (Å²) in [6, 6.07) is -0.718. The van der Waals surface area contributed by atoms with E-state index >= 15 is 0 Å². The lowest BCUT2D eigenvalue weighted by Crippen LogP contribution is -2.50. The van der Waals surface area contributed by atoms with Gasteiger partial charge in [-0.3, -0.25) is 9.59 Å². The first kappa shape index (κ1) is 27.1.